The molecule has 17 heavy (non-hydrogen) atoms. The fourth-order valence-corrected chi connectivity index (χ4v) is 2.09. The lowest BCUT2D eigenvalue weighted by Gasteiger charge is -2.16. The van der Waals surface area contributed by atoms with E-state index in [-0.39, 0.29) is 0 Å². The zero-order chi connectivity index (χ0) is 12.1. The molecule has 0 bridgehead atoms. The molecule has 94 valence electrons. The zero-order valence-electron chi connectivity index (χ0n) is 10.3. The zero-order valence-corrected chi connectivity index (χ0v) is 10.3. The van der Waals surface area contributed by atoms with Crippen molar-refractivity contribution < 1.29 is 9.47 Å². The Morgan fingerprint density at radius 3 is 2.76 bits per heavy atom. The summed E-state index contributed by atoms with van der Waals surface area (Å²) in [6, 6.07) is 8.05. The standard InChI is InChI=1S/C13H20N2O2/c1-16-12-4-2-3-5-13(12)17-9-8-15-7-6-11(14)10-15/h2-5,11H,6-10,14H2,1H3/t11-/m1/s1. The van der Waals surface area contributed by atoms with Crippen LogP contribution in [0.15, 0.2) is 24.3 Å². The van der Waals surface area contributed by atoms with Crippen LogP contribution >= 0.6 is 0 Å². The van der Waals surface area contributed by atoms with Gasteiger partial charge in [-0.3, -0.25) is 4.90 Å². The summed E-state index contributed by atoms with van der Waals surface area (Å²) in [6.45, 7) is 3.66. The lowest BCUT2D eigenvalue weighted by Crippen LogP contribution is -2.29. The molecule has 1 aliphatic heterocycles. The fourth-order valence-electron chi connectivity index (χ4n) is 2.09. The van der Waals surface area contributed by atoms with Crippen LogP contribution in [0.3, 0.4) is 0 Å². The van der Waals surface area contributed by atoms with Gasteiger partial charge >= 0.3 is 0 Å². The van der Waals surface area contributed by atoms with Crippen molar-refractivity contribution in [2.24, 2.45) is 5.73 Å². The Kier molecular flexibility index (Phi) is 4.23. The van der Waals surface area contributed by atoms with Crippen molar-refractivity contribution in [3.63, 3.8) is 0 Å². The van der Waals surface area contributed by atoms with Crippen molar-refractivity contribution in [3.8, 4) is 11.5 Å². The van der Waals surface area contributed by atoms with Gasteiger partial charge in [0, 0.05) is 19.1 Å². The highest BCUT2D eigenvalue weighted by Gasteiger charge is 2.18. The molecule has 0 saturated carbocycles. The summed E-state index contributed by atoms with van der Waals surface area (Å²) in [5.74, 6) is 1.59. The van der Waals surface area contributed by atoms with Crippen LogP contribution in [-0.2, 0) is 0 Å². The first-order valence-corrected chi connectivity index (χ1v) is 6.03. The Labute approximate surface area is 102 Å². The molecule has 1 heterocycles. The first kappa shape index (κ1) is 12.2. The van der Waals surface area contributed by atoms with Crippen LogP contribution < -0.4 is 15.2 Å². The summed E-state index contributed by atoms with van der Waals surface area (Å²) < 4.78 is 10.9. The van der Waals surface area contributed by atoms with Crippen LogP contribution in [0.5, 0.6) is 11.5 Å². The summed E-state index contributed by atoms with van der Waals surface area (Å²) in [5.41, 5.74) is 5.85. The Morgan fingerprint density at radius 2 is 2.12 bits per heavy atom. The second kappa shape index (κ2) is 5.89. The smallest absolute Gasteiger partial charge is 0.161 e. The normalized spacial score (nSPS) is 20.5. The third kappa shape index (κ3) is 3.35. The van der Waals surface area contributed by atoms with Crippen LogP contribution in [0.4, 0.5) is 0 Å². The molecule has 1 fully saturated rings. The lowest BCUT2D eigenvalue weighted by molar-refractivity contribution is 0.229. The molecule has 1 aromatic rings. The molecule has 4 heteroatoms. The Morgan fingerprint density at radius 1 is 1.35 bits per heavy atom. The minimum atomic E-state index is 0.335. The predicted molar refractivity (Wildman–Crippen MR) is 67.5 cm³/mol. The number of likely N-dealkylation sites (tertiary alicyclic amines) is 1. The monoisotopic (exact) mass is 236 g/mol. The number of rotatable bonds is 5. The molecule has 0 unspecified atom stereocenters. The Bertz CT molecular complexity index is 357. The molecular weight excluding hydrogens is 216 g/mol. The number of nitrogens with zero attached hydrogens (tertiary/aromatic N) is 1. The first-order valence-electron chi connectivity index (χ1n) is 6.03. The number of hydrogen-bond donors (Lipinski definition) is 1. The van der Waals surface area contributed by atoms with Gasteiger partial charge in [0.15, 0.2) is 11.5 Å². The van der Waals surface area contributed by atoms with Gasteiger partial charge in [-0.15, -0.1) is 0 Å². The molecule has 0 aliphatic carbocycles. The van der Waals surface area contributed by atoms with Crippen molar-refractivity contribution in [2.45, 2.75) is 12.5 Å². The minimum absolute atomic E-state index is 0.335. The van der Waals surface area contributed by atoms with Crippen molar-refractivity contribution in [1.82, 2.24) is 4.90 Å². The average Bonchev–Trinajstić information content (AvgIpc) is 2.76. The maximum atomic E-state index is 5.85. The maximum Gasteiger partial charge on any atom is 0.161 e. The van der Waals surface area contributed by atoms with E-state index in [0.29, 0.717) is 12.6 Å². The molecule has 1 saturated heterocycles. The number of benzene rings is 1. The molecule has 1 aromatic carbocycles. The van der Waals surface area contributed by atoms with E-state index >= 15 is 0 Å². The van der Waals surface area contributed by atoms with E-state index in [9.17, 15) is 0 Å². The van der Waals surface area contributed by atoms with E-state index in [0.717, 1.165) is 37.6 Å². The van der Waals surface area contributed by atoms with Gasteiger partial charge < -0.3 is 15.2 Å². The second-order valence-electron chi connectivity index (χ2n) is 4.35. The number of hydrogen-bond acceptors (Lipinski definition) is 4. The topological polar surface area (TPSA) is 47.7 Å². The Hall–Kier alpha value is -1.26. The SMILES string of the molecule is COc1ccccc1OCCN1CC[C@@H](N)C1. The predicted octanol–water partition coefficient (Wildman–Crippen LogP) is 1.11. The number of methoxy groups -OCH3 is 1. The highest BCUT2D eigenvalue weighted by molar-refractivity contribution is 5.39. The van der Waals surface area contributed by atoms with Gasteiger partial charge in [-0.05, 0) is 25.1 Å². The van der Waals surface area contributed by atoms with E-state index in [1.807, 2.05) is 24.3 Å². The summed E-state index contributed by atoms with van der Waals surface area (Å²) in [6.07, 6.45) is 1.09. The van der Waals surface area contributed by atoms with Gasteiger partial charge in [0.2, 0.25) is 0 Å². The molecule has 0 amide bonds. The van der Waals surface area contributed by atoms with Crippen LogP contribution in [0.1, 0.15) is 6.42 Å². The van der Waals surface area contributed by atoms with Gasteiger partial charge in [-0.2, -0.15) is 0 Å². The van der Waals surface area contributed by atoms with E-state index in [1.165, 1.54) is 0 Å². The molecule has 0 spiro atoms. The second-order valence-corrected chi connectivity index (χ2v) is 4.35. The quantitative estimate of drug-likeness (QED) is 0.832. The number of ether oxygens (including phenoxy) is 2. The molecule has 4 nitrogen and oxygen atoms in total. The van der Waals surface area contributed by atoms with Gasteiger partial charge in [0.05, 0.1) is 7.11 Å². The third-order valence-electron chi connectivity index (χ3n) is 3.04. The molecule has 1 atom stereocenters. The molecule has 2 N–H and O–H groups in total. The molecule has 2 rings (SSSR count). The molecule has 0 radical (unpaired) electrons. The summed E-state index contributed by atoms with van der Waals surface area (Å²) in [7, 11) is 1.65. The van der Waals surface area contributed by atoms with E-state index in [4.69, 9.17) is 15.2 Å². The van der Waals surface area contributed by atoms with Gasteiger partial charge in [-0.1, -0.05) is 12.1 Å². The minimum Gasteiger partial charge on any atom is -0.493 e. The maximum absolute atomic E-state index is 5.85. The van der Waals surface area contributed by atoms with Crippen molar-refractivity contribution in [1.29, 1.82) is 0 Å². The largest absolute Gasteiger partial charge is 0.493 e. The third-order valence-corrected chi connectivity index (χ3v) is 3.04. The van der Waals surface area contributed by atoms with E-state index in [2.05, 4.69) is 4.90 Å². The van der Waals surface area contributed by atoms with Crippen molar-refractivity contribution in [2.75, 3.05) is 33.4 Å². The first-order chi connectivity index (χ1) is 8.29. The summed E-state index contributed by atoms with van der Waals surface area (Å²) in [4.78, 5) is 2.33. The Balaban J connectivity index is 1.78. The molecule has 0 aromatic heterocycles. The van der Waals surface area contributed by atoms with Gasteiger partial charge in [0.1, 0.15) is 6.61 Å². The molecular formula is C13H20N2O2. The average molecular weight is 236 g/mol. The van der Waals surface area contributed by atoms with Crippen molar-refractivity contribution in [3.05, 3.63) is 24.3 Å². The molecule has 1 aliphatic rings. The highest BCUT2D eigenvalue weighted by atomic mass is 16.5. The fraction of sp³-hybridized carbons (Fsp3) is 0.538. The summed E-state index contributed by atoms with van der Waals surface area (Å²) >= 11 is 0. The van der Waals surface area contributed by atoms with Crippen LogP contribution in [-0.4, -0.2) is 44.3 Å². The van der Waals surface area contributed by atoms with Crippen molar-refractivity contribution >= 4 is 0 Å². The van der Waals surface area contributed by atoms with Gasteiger partial charge in [0.25, 0.3) is 0 Å². The highest BCUT2D eigenvalue weighted by Crippen LogP contribution is 2.25. The van der Waals surface area contributed by atoms with Crippen LogP contribution in [0.25, 0.3) is 0 Å². The van der Waals surface area contributed by atoms with E-state index < -0.39 is 0 Å². The number of nitrogens with two attached hydrogens (primary N) is 1. The van der Waals surface area contributed by atoms with Crippen LogP contribution in [0, 0.1) is 0 Å². The summed E-state index contributed by atoms with van der Waals surface area (Å²) in [5, 5.41) is 0. The lowest BCUT2D eigenvalue weighted by atomic mass is 10.3. The van der Waals surface area contributed by atoms with Gasteiger partial charge in [-0.25, -0.2) is 0 Å². The van der Waals surface area contributed by atoms with Crippen LogP contribution in [0.2, 0.25) is 0 Å². The van der Waals surface area contributed by atoms with E-state index in [1.54, 1.807) is 7.11 Å². The number of para-hydroxylation sites is 2.